The van der Waals surface area contributed by atoms with E-state index in [2.05, 4.69) is 32.6 Å². The Morgan fingerprint density at radius 2 is 1.94 bits per heavy atom. The van der Waals surface area contributed by atoms with Gasteiger partial charge in [0.1, 0.15) is 26.5 Å². The van der Waals surface area contributed by atoms with Gasteiger partial charge in [0.2, 0.25) is 11.0 Å². The van der Waals surface area contributed by atoms with Gasteiger partial charge in [-0.05, 0) is 37.6 Å². The standard InChI is InChI=1S/C22H22N6O2S3/c1-4-7-19-27-28-22(32-19)24-17(29)12-31-18-11-10-15(25-26-18)20-13(2)23-21(33-20)14-8-5-6-9-16(14)30-3/h5-6,8-11H,4,7,12H2,1-3H3,(H,24,28,29). The maximum atomic E-state index is 12.2. The molecule has 0 radical (unpaired) electrons. The molecule has 0 aliphatic carbocycles. The Bertz CT molecular complexity index is 1240. The predicted molar refractivity (Wildman–Crippen MR) is 133 cm³/mol. The molecule has 4 aromatic rings. The second-order valence-electron chi connectivity index (χ2n) is 6.98. The molecule has 3 aromatic heterocycles. The summed E-state index contributed by atoms with van der Waals surface area (Å²) in [6.45, 7) is 4.04. The van der Waals surface area contributed by atoms with Crippen LogP contribution in [0.15, 0.2) is 41.4 Å². The summed E-state index contributed by atoms with van der Waals surface area (Å²) in [7, 11) is 1.65. The Morgan fingerprint density at radius 1 is 1.09 bits per heavy atom. The summed E-state index contributed by atoms with van der Waals surface area (Å²) in [5.41, 5.74) is 2.58. The van der Waals surface area contributed by atoms with E-state index >= 15 is 0 Å². The molecule has 0 aliphatic rings. The molecule has 1 amide bonds. The van der Waals surface area contributed by atoms with Crippen molar-refractivity contribution in [2.45, 2.75) is 31.7 Å². The number of aromatic nitrogens is 5. The van der Waals surface area contributed by atoms with Gasteiger partial charge in [0.25, 0.3) is 0 Å². The number of benzene rings is 1. The second kappa shape index (κ2) is 10.8. The quantitative estimate of drug-likeness (QED) is 0.317. The largest absolute Gasteiger partial charge is 0.496 e. The Morgan fingerprint density at radius 3 is 2.70 bits per heavy atom. The molecule has 0 aliphatic heterocycles. The lowest BCUT2D eigenvalue weighted by atomic mass is 10.2. The number of thioether (sulfide) groups is 1. The average Bonchev–Trinajstić information content (AvgIpc) is 3.44. The third kappa shape index (κ3) is 5.73. The van der Waals surface area contributed by atoms with Crippen molar-refractivity contribution >= 4 is 45.5 Å². The lowest BCUT2D eigenvalue weighted by molar-refractivity contribution is -0.113. The number of hydrogen-bond acceptors (Lipinski definition) is 10. The lowest BCUT2D eigenvalue weighted by Crippen LogP contribution is -2.14. The van der Waals surface area contributed by atoms with E-state index in [0.717, 1.165) is 50.4 Å². The molecule has 1 aromatic carbocycles. The van der Waals surface area contributed by atoms with E-state index in [1.807, 2.05) is 43.3 Å². The van der Waals surface area contributed by atoms with Gasteiger partial charge in [0.15, 0.2) is 0 Å². The van der Waals surface area contributed by atoms with Crippen molar-refractivity contribution in [3.63, 3.8) is 0 Å². The number of hydrogen-bond donors (Lipinski definition) is 1. The molecular formula is C22H22N6O2S3. The first-order valence-electron chi connectivity index (χ1n) is 10.3. The van der Waals surface area contributed by atoms with E-state index in [4.69, 9.17) is 9.72 Å². The molecule has 33 heavy (non-hydrogen) atoms. The number of para-hydroxylation sites is 1. The fourth-order valence-electron chi connectivity index (χ4n) is 3.00. The number of aryl methyl sites for hydroxylation is 2. The summed E-state index contributed by atoms with van der Waals surface area (Å²) in [6, 6.07) is 11.6. The minimum atomic E-state index is -0.148. The summed E-state index contributed by atoms with van der Waals surface area (Å²) in [5, 5.41) is 22.5. The monoisotopic (exact) mass is 498 g/mol. The van der Waals surface area contributed by atoms with Gasteiger partial charge in [-0.2, -0.15) is 0 Å². The van der Waals surface area contributed by atoms with Crippen molar-refractivity contribution in [3.8, 4) is 26.9 Å². The highest BCUT2D eigenvalue weighted by atomic mass is 32.2. The van der Waals surface area contributed by atoms with E-state index in [-0.39, 0.29) is 11.7 Å². The van der Waals surface area contributed by atoms with E-state index in [0.29, 0.717) is 10.2 Å². The molecule has 11 heteroatoms. The zero-order chi connectivity index (χ0) is 23.2. The van der Waals surface area contributed by atoms with Crippen molar-refractivity contribution in [1.29, 1.82) is 0 Å². The number of nitrogens with one attached hydrogen (secondary N) is 1. The van der Waals surface area contributed by atoms with Crippen LogP contribution in [0.2, 0.25) is 0 Å². The first-order valence-corrected chi connectivity index (χ1v) is 12.9. The minimum Gasteiger partial charge on any atom is -0.496 e. The van der Waals surface area contributed by atoms with Crippen LogP contribution in [0.1, 0.15) is 24.0 Å². The highest BCUT2D eigenvalue weighted by molar-refractivity contribution is 7.99. The summed E-state index contributed by atoms with van der Waals surface area (Å²) in [5.74, 6) is 0.850. The van der Waals surface area contributed by atoms with Gasteiger partial charge in [-0.1, -0.05) is 42.2 Å². The van der Waals surface area contributed by atoms with Crippen LogP contribution in [0.25, 0.3) is 21.1 Å². The van der Waals surface area contributed by atoms with Crippen LogP contribution < -0.4 is 10.1 Å². The van der Waals surface area contributed by atoms with Crippen LogP contribution in [0.4, 0.5) is 5.13 Å². The molecule has 3 heterocycles. The van der Waals surface area contributed by atoms with Gasteiger partial charge in [-0.3, -0.25) is 10.1 Å². The van der Waals surface area contributed by atoms with Crippen molar-refractivity contribution in [2.24, 2.45) is 0 Å². The summed E-state index contributed by atoms with van der Waals surface area (Å²) < 4.78 is 5.46. The Hall–Kier alpha value is -2.89. The SMILES string of the molecule is CCCc1nnc(NC(=O)CSc2ccc(-c3sc(-c4ccccc4OC)nc3C)nn2)s1. The van der Waals surface area contributed by atoms with Crippen LogP contribution in [-0.2, 0) is 11.2 Å². The fourth-order valence-corrected chi connectivity index (χ4v) is 5.54. The molecule has 170 valence electrons. The van der Waals surface area contributed by atoms with Gasteiger partial charge in [0, 0.05) is 6.42 Å². The number of rotatable bonds is 9. The molecule has 8 nitrogen and oxygen atoms in total. The second-order valence-corrected chi connectivity index (χ2v) is 10.0. The van der Waals surface area contributed by atoms with E-state index in [9.17, 15) is 4.79 Å². The van der Waals surface area contributed by atoms with Crippen LogP contribution in [0, 0.1) is 6.92 Å². The number of carbonyl (C=O) groups excluding carboxylic acids is 1. The van der Waals surface area contributed by atoms with Crippen molar-refractivity contribution in [3.05, 3.63) is 47.1 Å². The molecular weight excluding hydrogens is 476 g/mol. The molecule has 0 spiro atoms. The molecule has 0 atom stereocenters. The zero-order valence-electron chi connectivity index (χ0n) is 18.4. The van der Waals surface area contributed by atoms with Crippen LogP contribution in [-0.4, -0.2) is 44.1 Å². The number of carbonyl (C=O) groups is 1. The lowest BCUT2D eigenvalue weighted by Gasteiger charge is -2.04. The topological polar surface area (TPSA) is 103 Å². The maximum absolute atomic E-state index is 12.2. The number of amides is 1. The first kappa shape index (κ1) is 23.3. The highest BCUT2D eigenvalue weighted by Crippen LogP contribution is 2.38. The third-order valence-corrected chi connectivity index (χ3v) is 7.57. The Balaban J connectivity index is 1.39. The van der Waals surface area contributed by atoms with Crippen LogP contribution in [0.3, 0.4) is 0 Å². The Kier molecular flexibility index (Phi) is 7.63. The maximum Gasteiger partial charge on any atom is 0.236 e. The molecule has 0 unspecified atom stereocenters. The van der Waals surface area contributed by atoms with Crippen molar-refractivity contribution in [1.82, 2.24) is 25.4 Å². The van der Waals surface area contributed by atoms with Gasteiger partial charge in [-0.15, -0.1) is 31.7 Å². The molecule has 0 fully saturated rings. The van der Waals surface area contributed by atoms with Crippen LogP contribution in [0.5, 0.6) is 5.75 Å². The Labute approximate surface area is 203 Å². The fraction of sp³-hybridized carbons (Fsp3) is 0.273. The number of thiazole rings is 1. The van der Waals surface area contributed by atoms with E-state index < -0.39 is 0 Å². The smallest absolute Gasteiger partial charge is 0.236 e. The van der Waals surface area contributed by atoms with E-state index in [1.165, 1.54) is 23.1 Å². The number of ether oxygens (including phenoxy) is 1. The number of nitrogens with zero attached hydrogens (tertiary/aromatic N) is 5. The molecule has 0 bridgehead atoms. The van der Waals surface area contributed by atoms with Crippen molar-refractivity contribution in [2.75, 3.05) is 18.2 Å². The van der Waals surface area contributed by atoms with Gasteiger partial charge < -0.3 is 4.74 Å². The normalized spacial score (nSPS) is 10.9. The zero-order valence-corrected chi connectivity index (χ0v) is 20.8. The summed E-state index contributed by atoms with van der Waals surface area (Å²) in [6.07, 6.45) is 1.86. The molecule has 0 saturated carbocycles. The minimum absolute atomic E-state index is 0.148. The first-order chi connectivity index (χ1) is 16.1. The van der Waals surface area contributed by atoms with Gasteiger partial charge in [-0.25, -0.2) is 4.98 Å². The van der Waals surface area contributed by atoms with Gasteiger partial charge >= 0.3 is 0 Å². The number of anilines is 1. The summed E-state index contributed by atoms with van der Waals surface area (Å²) in [4.78, 5) is 17.9. The highest BCUT2D eigenvalue weighted by Gasteiger charge is 2.16. The predicted octanol–water partition coefficient (Wildman–Crippen LogP) is 5.12. The van der Waals surface area contributed by atoms with Crippen LogP contribution >= 0.6 is 34.4 Å². The van der Waals surface area contributed by atoms with Crippen molar-refractivity contribution < 1.29 is 9.53 Å². The molecule has 0 saturated heterocycles. The molecule has 1 N–H and O–H groups in total. The summed E-state index contributed by atoms with van der Waals surface area (Å²) >= 11 is 4.28. The average molecular weight is 499 g/mol. The number of methoxy groups -OCH3 is 1. The molecule has 4 rings (SSSR count). The van der Waals surface area contributed by atoms with Gasteiger partial charge in [0.05, 0.1) is 29.0 Å². The van der Waals surface area contributed by atoms with E-state index in [1.54, 1.807) is 18.4 Å². The third-order valence-electron chi connectivity index (χ3n) is 4.53.